The van der Waals surface area contributed by atoms with Gasteiger partial charge in [0, 0.05) is 13.0 Å². The molecular formula is C22H26N4O. The SMILES string of the molecule is Cn1c(C(NC(=O)[C@@H]2CCC[C@@H]2CN)c2ccccc2)nc2ccccc21. The van der Waals surface area contributed by atoms with E-state index in [2.05, 4.69) is 16.0 Å². The van der Waals surface area contributed by atoms with Crippen LogP contribution >= 0.6 is 0 Å². The summed E-state index contributed by atoms with van der Waals surface area (Å²) in [5, 5.41) is 3.28. The molecule has 2 aromatic carbocycles. The third-order valence-corrected chi connectivity index (χ3v) is 5.80. The summed E-state index contributed by atoms with van der Waals surface area (Å²) in [6, 6.07) is 17.8. The normalized spacial score (nSPS) is 20.7. The molecule has 1 heterocycles. The van der Waals surface area contributed by atoms with Gasteiger partial charge < -0.3 is 15.6 Å². The maximum absolute atomic E-state index is 13.1. The van der Waals surface area contributed by atoms with Crippen molar-refractivity contribution in [3.63, 3.8) is 0 Å². The summed E-state index contributed by atoms with van der Waals surface area (Å²) in [6.45, 7) is 0.570. The van der Waals surface area contributed by atoms with Gasteiger partial charge in [0.05, 0.1) is 11.0 Å². The molecule has 0 radical (unpaired) electrons. The molecule has 1 aromatic heterocycles. The van der Waals surface area contributed by atoms with Crippen molar-refractivity contribution in [2.45, 2.75) is 25.3 Å². The number of fused-ring (bicyclic) bond motifs is 1. The molecule has 4 rings (SSSR count). The maximum Gasteiger partial charge on any atom is 0.224 e. The van der Waals surface area contributed by atoms with Crippen molar-refractivity contribution >= 4 is 16.9 Å². The van der Waals surface area contributed by atoms with E-state index in [1.54, 1.807) is 0 Å². The molecule has 1 aliphatic rings. The number of carbonyl (C=O) groups is 1. The molecule has 27 heavy (non-hydrogen) atoms. The first kappa shape index (κ1) is 17.7. The number of para-hydroxylation sites is 2. The van der Waals surface area contributed by atoms with Crippen LogP contribution in [0.2, 0.25) is 0 Å². The van der Waals surface area contributed by atoms with Gasteiger partial charge in [-0.1, -0.05) is 48.9 Å². The monoisotopic (exact) mass is 362 g/mol. The lowest BCUT2D eigenvalue weighted by atomic mass is 9.94. The predicted molar refractivity (Wildman–Crippen MR) is 107 cm³/mol. The summed E-state index contributed by atoms with van der Waals surface area (Å²) in [5.74, 6) is 1.21. The Balaban J connectivity index is 1.71. The van der Waals surface area contributed by atoms with Gasteiger partial charge in [-0.15, -0.1) is 0 Å². The molecule has 3 N–H and O–H groups in total. The number of hydrogen-bond donors (Lipinski definition) is 2. The molecule has 1 amide bonds. The van der Waals surface area contributed by atoms with E-state index in [0.717, 1.165) is 41.7 Å². The smallest absolute Gasteiger partial charge is 0.224 e. The third kappa shape index (κ3) is 3.35. The van der Waals surface area contributed by atoms with Gasteiger partial charge >= 0.3 is 0 Å². The standard InChI is InChI=1S/C22H26N4O/c1-26-19-13-6-5-12-18(19)24-21(26)20(15-8-3-2-4-9-15)25-22(27)17-11-7-10-16(17)14-23/h2-6,8-9,12-13,16-17,20H,7,10-11,14,23H2,1H3,(H,25,27)/t16-,17-,20?/m1/s1. The molecule has 5 heteroatoms. The molecule has 0 spiro atoms. The summed E-state index contributed by atoms with van der Waals surface area (Å²) in [4.78, 5) is 17.9. The molecule has 3 aromatic rings. The fourth-order valence-corrected chi connectivity index (χ4v) is 4.28. The molecule has 1 saturated carbocycles. The van der Waals surface area contributed by atoms with E-state index in [4.69, 9.17) is 10.7 Å². The zero-order chi connectivity index (χ0) is 18.8. The van der Waals surface area contributed by atoms with E-state index < -0.39 is 0 Å². The van der Waals surface area contributed by atoms with E-state index in [-0.39, 0.29) is 23.8 Å². The second-order valence-electron chi connectivity index (χ2n) is 7.40. The molecule has 3 atom stereocenters. The molecule has 0 bridgehead atoms. The number of amides is 1. The number of nitrogens with two attached hydrogens (primary N) is 1. The van der Waals surface area contributed by atoms with Crippen LogP contribution in [-0.2, 0) is 11.8 Å². The van der Waals surface area contributed by atoms with Crippen LogP contribution < -0.4 is 11.1 Å². The van der Waals surface area contributed by atoms with Crippen molar-refractivity contribution < 1.29 is 4.79 Å². The van der Waals surface area contributed by atoms with Gasteiger partial charge in [-0.05, 0) is 43.0 Å². The van der Waals surface area contributed by atoms with Gasteiger partial charge in [0.1, 0.15) is 11.9 Å². The quantitative estimate of drug-likeness (QED) is 0.732. The number of imidazole rings is 1. The van der Waals surface area contributed by atoms with E-state index in [9.17, 15) is 4.79 Å². The highest BCUT2D eigenvalue weighted by Gasteiger charge is 2.34. The lowest BCUT2D eigenvalue weighted by molar-refractivity contribution is -0.126. The van der Waals surface area contributed by atoms with E-state index >= 15 is 0 Å². The van der Waals surface area contributed by atoms with Crippen LogP contribution in [0.4, 0.5) is 0 Å². The topological polar surface area (TPSA) is 72.9 Å². The number of rotatable bonds is 5. The maximum atomic E-state index is 13.1. The van der Waals surface area contributed by atoms with Gasteiger partial charge in [0.25, 0.3) is 0 Å². The highest BCUT2D eigenvalue weighted by Crippen LogP contribution is 2.32. The first-order valence-electron chi connectivity index (χ1n) is 9.65. The molecule has 1 unspecified atom stereocenters. The van der Waals surface area contributed by atoms with E-state index in [1.807, 2.05) is 55.6 Å². The second kappa shape index (κ2) is 7.53. The van der Waals surface area contributed by atoms with Crippen LogP contribution in [0.3, 0.4) is 0 Å². The Morgan fingerprint density at radius 1 is 1.19 bits per heavy atom. The Labute approximate surface area is 159 Å². The third-order valence-electron chi connectivity index (χ3n) is 5.80. The van der Waals surface area contributed by atoms with E-state index in [1.165, 1.54) is 0 Å². The molecular weight excluding hydrogens is 336 g/mol. The molecule has 0 saturated heterocycles. The lowest BCUT2D eigenvalue weighted by Crippen LogP contribution is -2.38. The largest absolute Gasteiger partial charge is 0.342 e. The number of benzene rings is 2. The Bertz CT molecular complexity index is 934. The summed E-state index contributed by atoms with van der Waals surface area (Å²) < 4.78 is 2.07. The first-order valence-corrected chi connectivity index (χ1v) is 9.65. The van der Waals surface area contributed by atoms with E-state index in [0.29, 0.717) is 6.54 Å². The zero-order valence-electron chi connectivity index (χ0n) is 15.6. The highest BCUT2D eigenvalue weighted by atomic mass is 16.2. The van der Waals surface area contributed by atoms with Crippen molar-refractivity contribution in [2.75, 3.05) is 6.54 Å². The zero-order valence-corrected chi connectivity index (χ0v) is 15.6. The average molecular weight is 362 g/mol. The van der Waals surface area contributed by atoms with Crippen molar-refractivity contribution in [2.24, 2.45) is 24.6 Å². The van der Waals surface area contributed by atoms with Gasteiger partial charge in [-0.2, -0.15) is 0 Å². The van der Waals surface area contributed by atoms with Gasteiger partial charge in [-0.25, -0.2) is 4.98 Å². The van der Waals surface area contributed by atoms with Crippen LogP contribution in [-0.4, -0.2) is 22.0 Å². The minimum Gasteiger partial charge on any atom is -0.342 e. The Hall–Kier alpha value is -2.66. The van der Waals surface area contributed by atoms with Crippen molar-refractivity contribution in [3.8, 4) is 0 Å². The summed E-state index contributed by atoms with van der Waals surface area (Å²) in [6.07, 6.45) is 3.02. The molecule has 1 fully saturated rings. The number of aryl methyl sites for hydroxylation is 1. The number of nitrogens with zero attached hydrogens (tertiary/aromatic N) is 2. The molecule has 5 nitrogen and oxygen atoms in total. The van der Waals surface area contributed by atoms with Crippen LogP contribution in [0.5, 0.6) is 0 Å². The number of carbonyl (C=O) groups excluding carboxylic acids is 1. The Morgan fingerprint density at radius 2 is 1.93 bits per heavy atom. The first-order chi connectivity index (χ1) is 13.2. The van der Waals surface area contributed by atoms with Crippen molar-refractivity contribution in [3.05, 3.63) is 66.0 Å². The summed E-state index contributed by atoms with van der Waals surface area (Å²) in [5.41, 5.74) is 8.92. The number of aromatic nitrogens is 2. The van der Waals surface area contributed by atoms with Crippen LogP contribution in [0, 0.1) is 11.8 Å². The number of nitrogens with one attached hydrogen (secondary N) is 1. The predicted octanol–water partition coefficient (Wildman–Crippen LogP) is 3.15. The average Bonchev–Trinajstić information content (AvgIpc) is 3.32. The Kier molecular flexibility index (Phi) is 4.94. The van der Waals surface area contributed by atoms with Crippen LogP contribution in [0.15, 0.2) is 54.6 Å². The second-order valence-corrected chi connectivity index (χ2v) is 7.40. The molecule has 1 aliphatic carbocycles. The molecule has 140 valence electrons. The Morgan fingerprint density at radius 3 is 2.67 bits per heavy atom. The van der Waals surface area contributed by atoms with Gasteiger partial charge in [-0.3, -0.25) is 4.79 Å². The van der Waals surface area contributed by atoms with Gasteiger partial charge in [0.15, 0.2) is 0 Å². The summed E-state index contributed by atoms with van der Waals surface area (Å²) in [7, 11) is 2.00. The minimum atomic E-state index is -0.282. The lowest BCUT2D eigenvalue weighted by Gasteiger charge is -2.23. The van der Waals surface area contributed by atoms with Crippen molar-refractivity contribution in [1.82, 2.24) is 14.9 Å². The highest BCUT2D eigenvalue weighted by molar-refractivity contribution is 5.81. The van der Waals surface area contributed by atoms with Crippen LogP contribution in [0.25, 0.3) is 11.0 Å². The molecule has 0 aliphatic heterocycles. The fraction of sp³-hybridized carbons (Fsp3) is 0.364. The van der Waals surface area contributed by atoms with Crippen LogP contribution in [0.1, 0.15) is 36.7 Å². The fourth-order valence-electron chi connectivity index (χ4n) is 4.28. The van der Waals surface area contributed by atoms with Gasteiger partial charge in [0.2, 0.25) is 5.91 Å². The minimum absolute atomic E-state index is 0.00380. The summed E-state index contributed by atoms with van der Waals surface area (Å²) >= 11 is 0. The number of hydrogen-bond acceptors (Lipinski definition) is 3. The van der Waals surface area contributed by atoms with Crippen molar-refractivity contribution in [1.29, 1.82) is 0 Å².